The van der Waals surface area contributed by atoms with Crippen LogP contribution in [0.5, 0.6) is 5.75 Å². The van der Waals surface area contributed by atoms with E-state index in [-0.39, 0.29) is 48.1 Å². The van der Waals surface area contributed by atoms with Crippen molar-refractivity contribution in [2.24, 2.45) is 11.3 Å². The van der Waals surface area contributed by atoms with Gasteiger partial charge in [0.25, 0.3) is 23.3 Å². The van der Waals surface area contributed by atoms with Crippen LogP contribution in [0.3, 0.4) is 0 Å². The van der Waals surface area contributed by atoms with E-state index in [4.69, 9.17) is 21.3 Å². The van der Waals surface area contributed by atoms with Crippen molar-refractivity contribution in [3.05, 3.63) is 75.2 Å². The number of anilines is 4. The maximum Gasteiger partial charge on any atom is 0.293 e. The number of imide groups is 2. The highest BCUT2D eigenvalue weighted by Gasteiger charge is 2.48. The van der Waals surface area contributed by atoms with Gasteiger partial charge in [0.05, 0.1) is 28.5 Å². The zero-order valence-corrected chi connectivity index (χ0v) is 36.4. The Kier molecular flexibility index (Phi) is 11.3. The summed E-state index contributed by atoms with van der Waals surface area (Å²) in [6.07, 6.45) is 5.94. The molecule has 330 valence electrons. The zero-order chi connectivity index (χ0) is 44.2. The number of rotatable bonds is 11. The molecule has 5 amide bonds. The highest BCUT2D eigenvalue weighted by atomic mass is 35.5. The standard InChI is InChI=1S/C45H51ClN10O7/c1-26(2)55-32-8-7-29(19-28(32)20-35(42(55)61)63-23-37(58)47-3)49-39-31(46)21-48-44(51-39)54-24-45(25-54)13-17-52(18-14-45)22-27-11-15-53(16-12-27)33-6-4-5-30-38(33)43(62)56(41(30)60)34-9-10-36(57)50-40(34)59/h4-8,19-21,26-27,34H,9-18,22-25H2,1-3H3,(H,47,58)(H,48,49,51)(H,50,57,59). The summed E-state index contributed by atoms with van der Waals surface area (Å²) in [7, 11) is 1.51. The van der Waals surface area contributed by atoms with Crippen LogP contribution in [-0.2, 0) is 14.4 Å². The molecule has 3 N–H and O–H groups in total. The normalized spacial score (nSPS) is 20.3. The molecule has 5 aliphatic heterocycles. The summed E-state index contributed by atoms with van der Waals surface area (Å²) in [6, 6.07) is 11.5. The first kappa shape index (κ1) is 42.2. The van der Waals surface area contributed by atoms with Gasteiger partial charge in [-0.15, -0.1) is 0 Å². The highest BCUT2D eigenvalue weighted by Crippen LogP contribution is 2.43. The topological polar surface area (TPSA) is 191 Å². The number of carbonyl (C=O) groups is 5. The number of fused-ring (bicyclic) bond motifs is 2. The van der Waals surface area contributed by atoms with Crippen molar-refractivity contribution < 1.29 is 28.7 Å². The maximum absolute atomic E-state index is 13.7. The molecule has 4 fully saturated rings. The second kappa shape index (κ2) is 16.9. The highest BCUT2D eigenvalue weighted by molar-refractivity contribution is 6.33. The van der Waals surface area contributed by atoms with Crippen molar-refractivity contribution in [2.45, 2.75) is 64.5 Å². The maximum atomic E-state index is 13.7. The number of amides is 5. The van der Waals surface area contributed by atoms with Crippen LogP contribution in [0.25, 0.3) is 10.9 Å². The molecule has 7 heterocycles. The third kappa shape index (κ3) is 8.08. The van der Waals surface area contributed by atoms with E-state index < -0.39 is 29.7 Å². The molecule has 5 aliphatic rings. The van der Waals surface area contributed by atoms with Gasteiger partial charge < -0.3 is 34.6 Å². The van der Waals surface area contributed by atoms with Gasteiger partial charge in [-0.25, -0.2) is 4.98 Å². The van der Waals surface area contributed by atoms with Crippen LogP contribution in [-0.4, -0.2) is 119 Å². The van der Waals surface area contributed by atoms with Gasteiger partial charge in [0.2, 0.25) is 17.8 Å². The Labute approximate surface area is 369 Å². The van der Waals surface area contributed by atoms with Crippen molar-refractivity contribution in [1.29, 1.82) is 0 Å². The molecule has 0 bridgehead atoms. The average molecular weight is 879 g/mol. The molecular weight excluding hydrogens is 828 g/mol. The van der Waals surface area contributed by atoms with Gasteiger partial charge >= 0.3 is 0 Å². The Morgan fingerprint density at radius 2 is 1.73 bits per heavy atom. The van der Waals surface area contributed by atoms with Crippen LogP contribution in [0.4, 0.5) is 23.1 Å². The van der Waals surface area contributed by atoms with Crippen molar-refractivity contribution in [1.82, 2.24) is 35.0 Å². The smallest absolute Gasteiger partial charge is 0.293 e. The van der Waals surface area contributed by atoms with Crippen LogP contribution in [0.2, 0.25) is 5.02 Å². The summed E-state index contributed by atoms with van der Waals surface area (Å²) < 4.78 is 7.27. The number of nitrogens with zero attached hydrogens (tertiary/aromatic N) is 7. The number of nitrogens with one attached hydrogen (secondary N) is 3. The lowest BCUT2D eigenvalue weighted by Gasteiger charge is -2.54. The average Bonchev–Trinajstić information content (AvgIpc) is 3.51. The van der Waals surface area contributed by atoms with Crippen LogP contribution in [0, 0.1) is 11.3 Å². The Balaban J connectivity index is 0.779. The van der Waals surface area contributed by atoms with Gasteiger partial charge in [0, 0.05) is 68.7 Å². The first-order valence-electron chi connectivity index (χ1n) is 21.7. The van der Waals surface area contributed by atoms with Crippen molar-refractivity contribution in [2.75, 3.05) is 74.6 Å². The predicted octanol–water partition coefficient (Wildman–Crippen LogP) is 4.11. The van der Waals surface area contributed by atoms with Crippen molar-refractivity contribution in [3.8, 4) is 5.75 Å². The van der Waals surface area contributed by atoms with E-state index in [0.29, 0.717) is 39.5 Å². The molecule has 63 heavy (non-hydrogen) atoms. The lowest BCUT2D eigenvalue weighted by atomic mass is 9.72. The number of likely N-dealkylation sites (tertiary alicyclic amines) is 1. The number of carbonyl (C=O) groups excluding carboxylic acids is 5. The van der Waals surface area contributed by atoms with Gasteiger partial charge in [-0.2, -0.15) is 4.98 Å². The lowest BCUT2D eigenvalue weighted by Crippen LogP contribution is -2.61. The number of likely N-dealkylation sites (N-methyl/N-ethyl adjacent to an activating group) is 1. The molecule has 17 nitrogen and oxygen atoms in total. The van der Waals surface area contributed by atoms with Gasteiger partial charge in [-0.1, -0.05) is 17.7 Å². The van der Waals surface area contributed by atoms with E-state index >= 15 is 0 Å². The minimum Gasteiger partial charge on any atom is -0.478 e. The molecule has 2 aromatic carbocycles. The molecule has 1 atom stereocenters. The predicted molar refractivity (Wildman–Crippen MR) is 237 cm³/mol. The number of piperidine rings is 3. The molecule has 0 radical (unpaired) electrons. The lowest BCUT2D eigenvalue weighted by molar-refractivity contribution is -0.136. The second-order valence-corrected chi connectivity index (χ2v) is 18.1. The number of benzene rings is 2. The van der Waals surface area contributed by atoms with Gasteiger partial charge in [-0.05, 0) is 101 Å². The van der Waals surface area contributed by atoms with Crippen LogP contribution in [0.15, 0.2) is 53.5 Å². The minimum atomic E-state index is -0.986. The molecular formula is C45H51ClN10O7. The number of ether oxygens (including phenoxy) is 1. The third-order valence-corrected chi connectivity index (χ3v) is 13.6. The van der Waals surface area contributed by atoms with E-state index in [1.807, 2.05) is 38.1 Å². The fourth-order valence-corrected chi connectivity index (χ4v) is 10.0. The SMILES string of the molecule is CNC(=O)COc1cc2cc(Nc3nc(N4CC5(CCN(CC6CCN(c7cccc8c7C(=O)N(C7CCC(=O)NC7=O)C8=O)CC6)CC5)C4)ncc3Cl)ccc2n(C(C)C)c1=O. The van der Waals surface area contributed by atoms with E-state index in [0.717, 1.165) is 93.0 Å². The third-order valence-electron chi connectivity index (χ3n) is 13.3. The molecule has 1 spiro atoms. The Hall–Kier alpha value is -6.07. The number of aromatic nitrogens is 3. The number of pyridine rings is 1. The van der Waals surface area contributed by atoms with Crippen LogP contribution in [0.1, 0.15) is 79.1 Å². The molecule has 9 rings (SSSR count). The van der Waals surface area contributed by atoms with Crippen molar-refractivity contribution in [3.63, 3.8) is 0 Å². The summed E-state index contributed by atoms with van der Waals surface area (Å²) >= 11 is 6.61. The van der Waals surface area contributed by atoms with Gasteiger partial charge in [0.1, 0.15) is 11.1 Å². The van der Waals surface area contributed by atoms with E-state index in [1.54, 1.807) is 29.0 Å². The second-order valence-electron chi connectivity index (χ2n) is 17.7. The van der Waals surface area contributed by atoms with Gasteiger partial charge in [-0.3, -0.25) is 39.0 Å². The summed E-state index contributed by atoms with van der Waals surface area (Å²) in [5.74, 6) is -0.595. The molecule has 0 aliphatic carbocycles. The number of hydrogen-bond donors (Lipinski definition) is 3. The van der Waals surface area contributed by atoms with Crippen LogP contribution >= 0.6 is 11.6 Å². The van der Waals surface area contributed by atoms with Crippen molar-refractivity contribution >= 4 is 75.2 Å². The molecule has 1 unspecified atom stereocenters. The van der Waals surface area contributed by atoms with E-state index in [2.05, 4.69) is 35.6 Å². The quantitative estimate of drug-likeness (QED) is 0.183. The first-order valence-corrected chi connectivity index (χ1v) is 22.1. The Bertz CT molecular complexity index is 2570. The summed E-state index contributed by atoms with van der Waals surface area (Å²) in [6.45, 7) is 9.90. The molecule has 2 aromatic heterocycles. The van der Waals surface area contributed by atoms with E-state index in [1.165, 1.54) is 7.05 Å². The zero-order valence-electron chi connectivity index (χ0n) is 35.6. The molecule has 0 saturated carbocycles. The summed E-state index contributed by atoms with van der Waals surface area (Å²) in [4.78, 5) is 93.9. The summed E-state index contributed by atoms with van der Waals surface area (Å²) in [5, 5.41) is 9.24. The van der Waals surface area contributed by atoms with Crippen LogP contribution < -0.4 is 36.0 Å². The van der Waals surface area contributed by atoms with Gasteiger partial charge in [0.15, 0.2) is 18.2 Å². The molecule has 4 aromatic rings. The number of hydrogen-bond acceptors (Lipinski definition) is 13. The minimum absolute atomic E-state index is 0.0861. The fraction of sp³-hybridized carbons (Fsp3) is 0.467. The first-order chi connectivity index (χ1) is 30.3. The molecule has 4 saturated heterocycles. The summed E-state index contributed by atoms with van der Waals surface area (Å²) in [5.41, 5.74) is 2.74. The monoisotopic (exact) mass is 878 g/mol. The largest absolute Gasteiger partial charge is 0.478 e. The Morgan fingerprint density at radius 1 is 0.968 bits per heavy atom. The Morgan fingerprint density at radius 3 is 2.44 bits per heavy atom. The molecule has 18 heteroatoms. The fourth-order valence-electron chi connectivity index (χ4n) is 9.88. The van der Waals surface area contributed by atoms with E-state index in [9.17, 15) is 28.8 Å². The number of halogens is 1.